The molecule has 40 heavy (non-hydrogen) atoms. The van der Waals surface area contributed by atoms with Gasteiger partial charge in [-0.1, -0.05) is 73.3 Å². The molecule has 0 atom stereocenters. The highest BCUT2D eigenvalue weighted by molar-refractivity contribution is 6.28. The van der Waals surface area contributed by atoms with E-state index >= 15 is 0 Å². The lowest BCUT2D eigenvalue weighted by Gasteiger charge is -2.16. The van der Waals surface area contributed by atoms with Gasteiger partial charge in [0.25, 0.3) is 0 Å². The topological polar surface area (TPSA) is 35.6 Å². The number of fused-ring (bicyclic) bond motifs is 4. The van der Waals surface area contributed by atoms with Crippen LogP contribution in [-0.4, -0.2) is 19.1 Å². The Kier molecular flexibility index (Phi) is 5.84. The minimum Gasteiger partial charge on any atom is -0.309 e. The number of nitrogens with zero attached hydrogens (tertiary/aromatic N) is 4. The van der Waals surface area contributed by atoms with Gasteiger partial charge < -0.3 is 9.13 Å². The number of hydrogen-bond acceptors (Lipinski definition) is 2. The first-order chi connectivity index (χ1) is 19.6. The van der Waals surface area contributed by atoms with Crippen LogP contribution in [0.15, 0.2) is 122 Å². The first kappa shape index (κ1) is 24.1. The van der Waals surface area contributed by atoms with E-state index in [1.165, 1.54) is 21.7 Å². The van der Waals surface area contributed by atoms with Crippen molar-refractivity contribution in [2.45, 2.75) is 6.92 Å². The van der Waals surface area contributed by atoms with Crippen LogP contribution in [0.2, 0.25) is 5.28 Å². The molecule has 0 fully saturated rings. The Balaban J connectivity index is 1.61. The Bertz CT molecular complexity index is 2060. The van der Waals surface area contributed by atoms with Gasteiger partial charge in [0.2, 0.25) is 5.28 Å². The maximum Gasteiger partial charge on any atom is 0.222 e. The number of aryl methyl sites for hydroxylation is 1. The Labute approximate surface area is 237 Å². The number of para-hydroxylation sites is 3. The van der Waals surface area contributed by atoms with Gasteiger partial charge in [-0.3, -0.25) is 0 Å². The lowest BCUT2D eigenvalue weighted by atomic mass is 10.1. The van der Waals surface area contributed by atoms with Gasteiger partial charge in [0.15, 0.2) is 0 Å². The number of hydrogen-bond donors (Lipinski definition) is 0. The van der Waals surface area contributed by atoms with Crippen molar-refractivity contribution in [3.8, 4) is 22.6 Å². The van der Waals surface area contributed by atoms with Crippen LogP contribution in [0, 0.1) is 6.92 Å². The molecule has 0 N–H and O–H groups in total. The molecular formula is C35H25ClN4. The van der Waals surface area contributed by atoms with Crippen molar-refractivity contribution in [2.24, 2.45) is 0 Å². The van der Waals surface area contributed by atoms with E-state index in [0.717, 1.165) is 44.9 Å². The van der Waals surface area contributed by atoms with Crippen LogP contribution in [-0.2, 0) is 0 Å². The molecule has 7 rings (SSSR count). The average Bonchev–Trinajstić information content (AvgIpc) is 3.48. The highest BCUT2D eigenvalue weighted by Crippen LogP contribution is 2.36. The molecule has 5 heteroatoms. The van der Waals surface area contributed by atoms with Crippen LogP contribution in [0.5, 0.6) is 0 Å². The summed E-state index contributed by atoms with van der Waals surface area (Å²) >= 11 is 6.26. The lowest BCUT2D eigenvalue weighted by molar-refractivity contribution is 1.08. The van der Waals surface area contributed by atoms with Crippen molar-refractivity contribution in [3.05, 3.63) is 139 Å². The van der Waals surface area contributed by atoms with Crippen molar-refractivity contribution in [1.82, 2.24) is 19.1 Å². The van der Waals surface area contributed by atoms with E-state index in [4.69, 9.17) is 11.6 Å². The van der Waals surface area contributed by atoms with Gasteiger partial charge in [-0.05, 0) is 72.6 Å². The van der Waals surface area contributed by atoms with Crippen molar-refractivity contribution in [1.29, 1.82) is 0 Å². The van der Waals surface area contributed by atoms with Crippen LogP contribution in [0.1, 0.15) is 11.3 Å². The van der Waals surface area contributed by atoms with Crippen LogP contribution in [0.4, 0.5) is 0 Å². The van der Waals surface area contributed by atoms with Gasteiger partial charge in [0, 0.05) is 45.0 Å². The number of aromatic nitrogens is 4. The van der Waals surface area contributed by atoms with Gasteiger partial charge in [0.05, 0.1) is 22.2 Å². The second kappa shape index (κ2) is 9.67. The Hall–Kier alpha value is -4.93. The van der Waals surface area contributed by atoms with Crippen molar-refractivity contribution >= 4 is 50.4 Å². The molecule has 0 amide bonds. The molecule has 7 aromatic rings. The SMILES string of the molecule is C=C/C=C\c1c(C)c2ccccc2n1-c1cc(-c2ccnc(Cl)n2)cc(-n2c3ccccc3c3ccccc32)c1. The maximum atomic E-state index is 6.26. The number of rotatable bonds is 5. The zero-order chi connectivity index (χ0) is 27.2. The molecule has 0 aliphatic carbocycles. The predicted octanol–water partition coefficient (Wildman–Crippen LogP) is 9.35. The maximum absolute atomic E-state index is 6.26. The molecule has 0 aliphatic heterocycles. The van der Waals surface area contributed by atoms with Crippen molar-refractivity contribution in [3.63, 3.8) is 0 Å². The fourth-order valence-electron chi connectivity index (χ4n) is 5.76. The van der Waals surface area contributed by atoms with Gasteiger partial charge in [-0.2, -0.15) is 0 Å². The molecule has 0 radical (unpaired) electrons. The molecule has 0 spiro atoms. The summed E-state index contributed by atoms with van der Waals surface area (Å²) in [5.74, 6) is 0. The molecule has 0 saturated carbocycles. The summed E-state index contributed by atoms with van der Waals surface area (Å²) in [6.45, 7) is 6.07. The Morgan fingerprint density at radius 2 is 1.30 bits per heavy atom. The molecular weight excluding hydrogens is 512 g/mol. The summed E-state index contributed by atoms with van der Waals surface area (Å²) in [5.41, 5.74) is 9.52. The Morgan fingerprint density at radius 3 is 1.93 bits per heavy atom. The Morgan fingerprint density at radius 1 is 0.725 bits per heavy atom. The van der Waals surface area contributed by atoms with Crippen molar-refractivity contribution < 1.29 is 0 Å². The van der Waals surface area contributed by atoms with Gasteiger partial charge in [0.1, 0.15) is 0 Å². The molecule has 0 saturated heterocycles. The number of allylic oxidation sites excluding steroid dienone is 2. The molecule has 4 aromatic carbocycles. The average molecular weight is 537 g/mol. The monoisotopic (exact) mass is 536 g/mol. The van der Waals surface area contributed by atoms with Crippen LogP contribution < -0.4 is 0 Å². The number of halogens is 1. The summed E-state index contributed by atoms with van der Waals surface area (Å²) in [5, 5.41) is 3.86. The van der Waals surface area contributed by atoms with E-state index in [2.05, 4.69) is 130 Å². The van der Waals surface area contributed by atoms with Gasteiger partial charge in [-0.15, -0.1) is 0 Å². The quantitative estimate of drug-likeness (QED) is 0.162. The van der Waals surface area contributed by atoms with E-state index in [1.807, 2.05) is 18.2 Å². The summed E-state index contributed by atoms with van der Waals surface area (Å²) in [7, 11) is 0. The zero-order valence-electron chi connectivity index (χ0n) is 21.9. The van der Waals surface area contributed by atoms with Crippen LogP contribution >= 0.6 is 11.6 Å². The molecule has 0 aliphatic rings. The predicted molar refractivity (Wildman–Crippen MR) is 168 cm³/mol. The second-order valence-electron chi connectivity index (χ2n) is 9.78. The van der Waals surface area contributed by atoms with Crippen molar-refractivity contribution in [2.75, 3.05) is 0 Å². The highest BCUT2D eigenvalue weighted by Gasteiger charge is 2.18. The first-order valence-corrected chi connectivity index (χ1v) is 13.5. The number of benzene rings is 4. The third-order valence-corrected chi connectivity index (χ3v) is 7.67. The first-order valence-electron chi connectivity index (χ1n) is 13.2. The third kappa shape index (κ3) is 3.84. The van der Waals surface area contributed by atoms with Crippen LogP contribution in [0.3, 0.4) is 0 Å². The summed E-state index contributed by atoms with van der Waals surface area (Å²) in [4.78, 5) is 8.69. The fraction of sp³-hybridized carbons (Fsp3) is 0.0286. The highest BCUT2D eigenvalue weighted by atomic mass is 35.5. The molecule has 3 aromatic heterocycles. The minimum atomic E-state index is 0.221. The minimum absolute atomic E-state index is 0.221. The molecule has 3 heterocycles. The largest absolute Gasteiger partial charge is 0.309 e. The smallest absolute Gasteiger partial charge is 0.222 e. The third-order valence-electron chi connectivity index (χ3n) is 7.49. The van der Waals surface area contributed by atoms with E-state index in [9.17, 15) is 0 Å². The molecule has 0 bridgehead atoms. The fourth-order valence-corrected chi connectivity index (χ4v) is 5.90. The van der Waals surface area contributed by atoms with Crippen LogP contribution in [0.25, 0.3) is 61.4 Å². The normalized spacial score (nSPS) is 11.8. The molecule has 192 valence electrons. The zero-order valence-corrected chi connectivity index (χ0v) is 22.7. The molecule has 0 unspecified atom stereocenters. The summed E-state index contributed by atoms with van der Waals surface area (Å²) < 4.78 is 4.65. The van der Waals surface area contributed by atoms with Gasteiger partial charge in [-0.25, -0.2) is 9.97 Å². The van der Waals surface area contributed by atoms with E-state index in [1.54, 1.807) is 6.20 Å². The summed E-state index contributed by atoms with van der Waals surface area (Å²) in [6, 6.07) is 34.1. The van der Waals surface area contributed by atoms with E-state index < -0.39 is 0 Å². The van der Waals surface area contributed by atoms with E-state index in [0.29, 0.717) is 0 Å². The standard InChI is InChI=1S/C35H25ClN4/c1-3-4-14-31-23(2)27-11-5-8-15-32(27)39(31)25-20-24(30-18-19-37-35(36)38-30)21-26(22-25)40-33-16-9-6-12-28(33)29-13-7-10-17-34(29)40/h3-22H,1H2,2H3/b14-4-. The molecule has 4 nitrogen and oxygen atoms in total. The lowest BCUT2D eigenvalue weighted by Crippen LogP contribution is -2.02. The summed E-state index contributed by atoms with van der Waals surface area (Å²) in [6.07, 6.45) is 7.62. The van der Waals surface area contributed by atoms with E-state index in [-0.39, 0.29) is 5.28 Å². The van der Waals surface area contributed by atoms with Gasteiger partial charge >= 0.3 is 0 Å². The second-order valence-corrected chi connectivity index (χ2v) is 10.1.